The van der Waals surface area contributed by atoms with Gasteiger partial charge in [-0.1, -0.05) is 25.1 Å². The van der Waals surface area contributed by atoms with Crippen LogP contribution in [0.3, 0.4) is 0 Å². The van der Waals surface area contributed by atoms with E-state index in [1.807, 2.05) is 40.1 Å². The highest BCUT2D eigenvalue weighted by Crippen LogP contribution is 2.24. The fourth-order valence-electron chi connectivity index (χ4n) is 4.09. The molecule has 2 aliphatic heterocycles. The Balaban J connectivity index is 0.00000261. The van der Waals surface area contributed by atoms with E-state index in [4.69, 9.17) is 0 Å². The van der Waals surface area contributed by atoms with E-state index in [0.717, 1.165) is 58.4 Å². The molecule has 27 heavy (non-hydrogen) atoms. The van der Waals surface area contributed by atoms with Gasteiger partial charge in [0.05, 0.1) is 5.92 Å². The summed E-state index contributed by atoms with van der Waals surface area (Å²) in [5.41, 5.74) is 0.713. The number of rotatable bonds is 5. The van der Waals surface area contributed by atoms with Crippen molar-refractivity contribution in [3.05, 3.63) is 35.9 Å². The second kappa shape index (κ2) is 10.7. The SMILES string of the molecule is CCNCC1CCN(C(=O)C2CCCN(C(=O)c3ccccc3)C2)CC1.Cl. The van der Waals surface area contributed by atoms with Gasteiger partial charge in [0.15, 0.2) is 0 Å². The van der Waals surface area contributed by atoms with E-state index in [9.17, 15) is 9.59 Å². The molecular weight excluding hydrogens is 362 g/mol. The zero-order valence-corrected chi connectivity index (χ0v) is 17.0. The summed E-state index contributed by atoms with van der Waals surface area (Å²) in [6.07, 6.45) is 3.97. The fraction of sp³-hybridized carbons (Fsp3) is 0.619. The number of hydrogen-bond acceptors (Lipinski definition) is 3. The predicted molar refractivity (Wildman–Crippen MR) is 110 cm³/mol. The molecule has 1 N–H and O–H groups in total. The minimum atomic E-state index is -0.0401. The maximum Gasteiger partial charge on any atom is 0.253 e. The molecule has 1 aromatic carbocycles. The van der Waals surface area contributed by atoms with Gasteiger partial charge in [-0.3, -0.25) is 9.59 Å². The van der Waals surface area contributed by atoms with E-state index >= 15 is 0 Å². The van der Waals surface area contributed by atoms with Gasteiger partial charge in [0.25, 0.3) is 5.91 Å². The van der Waals surface area contributed by atoms with E-state index in [1.54, 1.807) is 0 Å². The number of nitrogens with zero attached hydrogens (tertiary/aromatic N) is 2. The number of piperidine rings is 2. The minimum Gasteiger partial charge on any atom is -0.342 e. The monoisotopic (exact) mass is 393 g/mol. The fourth-order valence-corrected chi connectivity index (χ4v) is 4.09. The van der Waals surface area contributed by atoms with Crippen molar-refractivity contribution in [1.82, 2.24) is 15.1 Å². The molecule has 5 nitrogen and oxygen atoms in total. The summed E-state index contributed by atoms with van der Waals surface area (Å²) < 4.78 is 0. The molecule has 0 bridgehead atoms. The third-order valence-corrected chi connectivity index (χ3v) is 5.69. The first-order valence-corrected chi connectivity index (χ1v) is 10.0. The van der Waals surface area contributed by atoms with E-state index in [2.05, 4.69) is 12.2 Å². The third-order valence-electron chi connectivity index (χ3n) is 5.69. The lowest BCUT2D eigenvalue weighted by atomic mass is 9.92. The van der Waals surface area contributed by atoms with Crippen LogP contribution >= 0.6 is 12.4 Å². The predicted octanol–water partition coefficient (Wildman–Crippen LogP) is 2.81. The molecule has 0 aliphatic carbocycles. The summed E-state index contributed by atoms with van der Waals surface area (Å²) in [5, 5.41) is 3.41. The van der Waals surface area contributed by atoms with Crippen LogP contribution in [0.4, 0.5) is 0 Å². The number of benzene rings is 1. The largest absolute Gasteiger partial charge is 0.342 e. The first-order valence-electron chi connectivity index (χ1n) is 10.0. The van der Waals surface area contributed by atoms with Gasteiger partial charge in [0.1, 0.15) is 0 Å². The number of carbonyl (C=O) groups excluding carboxylic acids is 2. The number of hydrogen-bond donors (Lipinski definition) is 1. The molecule has 2 fully saturated rings. The van der Waals surface area contributed by atoms with Crippen LogP contribution in [0.15, 0.2) is 30.3 Å². The Morgan fingerprint density at radius 1 is 1.04 bits per heavy atom. The van der Waals surface area contributed by atoms with Gasteiger partial charge < -0.3 is 15.1 Å². The molecular formula is C21H32ClN3O2. The zero-order chi connectivity index (χ0) is 18.4. The molecule has 150 valence electrons. The van der Waals surface area contributed by atoms with Crippen LogP contribution in [0.25, 0.3) is 0 Å². The van der Waals surface area contributed by atoms with Crippen LogP contribution in [0.1, 0.15) is 43.0 Å². The van der Waals surface area contributed by atoms with Gasteiger partial charge >= 0.3 is 0 Å². The van der Waals surface area contributed by atoms with Crippen molar-refractivity contribution in [2.45, 2.75) is 32.6 Å². The second-order valence-electron chi connectivity index (χ2n) is 7.53. The standard InChI is InChI=1S/C21H31N3O2.ClH/c1-2-22-15-17-10-13-23(14-11-17)21(26)19-9-6-12-24(16-19)20(25)18-7-4-3-5-8-18;/h3-5,7-8,17,19,22H,2,6,9-16H2,1H3;1H. The van der Waals surface area contributed by atoms with Crippen molar-refractivity contribution in [3.8, 4) is 0 Å². The van der Waals surface area contributed by atoms with Crippen molar-refractivity contribution in [2.24, 2.45) is 11.8 Å². The van der Waals surface area contributed by atoms with Crippen molar-refractivity contribution in [1.29, 1.82) is 0 Å². The summed E-state index contributed by atoms with van der Waals surface area (Å²) in [7, 11) is 0. The Labute approximate surface area is 168 Å². The summed E-state index contributed by atoms with van der Waals surface area (Å²) in [4.78, 5) is 29.5. The van der Waals surface area contributed by atoms with E-state index < -0.39 is 0 Å². The average Bonchev–Trinajstić information content (AvgIpc) is 2.72. The number of halogens is 1. The van der Waals surface area contributed by atoms with Gasteiger partial charge in [-0.2, -0.15) is 0 Å². The Morgan fingerprint density at radius 2 is 1.74 bits per heavy atom. The Kier molecular flexibility index (Phi) is 8.58. The van der Waals surface area contributed by atoms with Gasteiger partial charge in [-0.25, -0.2) is 0 Å². The lowest BCUT2D eigenvalue weighted by Crippen LogP contribution is -2.49. The number of likely N-dealkylation sites (tertiary alicyclic amines) is 2. The average molecular weight is 394 g/mol. The summed E-state index contributed by atoms with van der Waals surface area (Å²) >= 11 is 0. The lowest BCUT2D eigenvalue weighted by molar-refractivity contribution is -0.138. The van der Waals surface area contributed by atoms with Crippen molar-refractivity contribution < 1.29 is 9.59 Å². The van der Waals surface area contributed by atoms with Crippen LogP contribution in [0.2, 0.25) is 0 Å². The van der Waals surface area contributed by atoms with Gasteiger partial charge in [0.2, 0.25) is 5.91 Å². The van der Waals surface area contributed by atoms with Crippen LogP contribution < -0.4 is 5.32 Å². The smallest absolute Gasteiger partial charge is 0.253 e. The first kappa shape index (κ1) is 21.7. The molecule has 2 amide bonds. The summed E-state index contributed by atoms with van der Waals surface area (Å²) in [6, 6.07) is 9.39. The topological polar surface area (TPSA) is 52.7 Å². The molecule has 1 atom stereocenters. The normalized spacial score (nSPS) is 20.9. The molecule has 3 rings (SSSR count). The molecule has 2 aliphatic rings. The van der Waals surface area contributed by atoms with Crippen LogP contribution in [-0.4, -0.2) is 60.9 Å². The molecule has 0 saturated carbocycles. The molecule has 0 aromatic heterocycles. The Morgan fingerprint density at radius 3 is 2.41 bits per heavy atom. The van der Waals surface area contributed by atoms with Crippen LogP contribution in [0, 0.1) is 11.8 Å². The highest BCUT2D eigenvalue weighted by Gasteiger charge is 2.33. The molecule has 2 saturated heterocycles. The molecule has 0 radical (unpaired) electrons. The quantitative estimate of drug-likeness (QED) is 0.836. The van der Waals surface area contributed by atoms with Crippen LogP contribution in [0.5, 0.6) is 0 Å². The van der Waals surface area contributed by atoms with Gasteiger partial charge in [-0.05, 0) is 56.8 Å². The van der Waals surface area contributed by atoms with Gasteiger partial charge in [0, 0.05) is 31.7 Å². The van der Waals surface area contributed by atoms with Gasteiger partial charge in [-0.15, -0.1) is 12.4 Å². The molecule has 2 heterocycles. The molecule has 1 aromatic rings. The van der Waals surface area contributed by atoms with E-state index in [-0.39, 0.29) is 30.1 Å². The third kappa shape index (κ3) is 5.69. The summed E-state index contributed by atoms with van der Waals surface area (Å²) in [6.45, 7) is 7.22. The highest BCUT2D eigenvalue weighted by molar-refractivity contribution is 5.94. The Bertz CT molecular complexity index is 603. The lowest BCUT2D eigenvalue weighted by Gasteiger charge is -2.38. The Hall–Kier alpha value is -1.59. The number of nitrogens with one attached hydrogen (secondary N) is 1. The maximum atomic E-state index is 13.0. The summed E-state index contributed by atoms with van der Waals surface area (Å²) in [5.74, 6) is 0.938. The van der Waals surface area contributed by atoms with E-state index in [0.29, 0.717) is 18.0 Å². The highest BCUT2D eigenvalue weighted by atomic mass is 35.5. The van der Waals surface area contributed by atoms with E-state index in [1.165, 1.54) is 0 Å². The molecule has 6 heteroatoms. The maximum absolute atomic E-state index is 13.0. The second-order valence-corrected chi connectivity index (χ2v) is 7.53. The van der Waals surface area contributed by atoms with Crippen molar-refractivity contribution >= 4 is 24.2 Å². The molecule has 1 unspecified atom stereocenters. The minimum absolute atomic E-state index is 0. The zero-order valence-electron chi connectivity index (χ0n) is 16.2. The first-order chi connectivity index (χ1) is 12.7. The van der Waals surface area contributed by atoms with Crippen molar-refractivity contribution in [3.63, 3.8) is 0 Å². The molecule has 0 spiro atoms. The van der Waals surface area contributed by atoms with Crippen molar-refractivity contribution in [2.75, 3.05) is 39.3 Å². The van der Waals surface area contributed by atoms with Crippen LogP contribution in [-0.2, 0) is 4.79 Å². The number of carbonyl (C=O) groups is 2. The number of amides is 2.